The largest absolute Gasteiger partial charge is 0.384 e. The summed E-state index contributed by atoms with van der Waals surface area (Å²) in [7, 11) is 0. The van der Waals surface area contributed by atoms with Crippen LogP contribution in [0, 0.1) is 17.7 Å². The minimum absolute atomic E-state index is 0.0623. The van der Waals surface area contributed by atoms with Crippen LogP contribution in [0.1, 0.15) is 25.3 Å². The number of nitrogens with one attached hydrogen (secondary N) is 1. The van der Waals surface area contributed by atoms with Crippen LogP contribution in [-0.2, 0) is 4.79 Å². The molecule has 1 amide bonds. The second-order valence-electron chi connectivity index (χ2n) is 4.79. The van der Waals surface area contributed by atoms with Crippen molar-refractivity contribution in [2.45, 2.75) is 24.5 Å². The molecule has 3 nitrogen and oxygen atoms in total. The first kappa shape index (κ1) is 14.9. The van der Waals surface area contributed by atoms with Gasteiger partial charge in [0.15, 0.2) is 0 Å². The Hall–Kier alpha value is -1.51. The number of carbonyl (C=O) groups is 1. The number of aliphatic hydroxyl groups excluding tert-OH is 1. The molecule has 0 saturated carbocycles. The quantitative estimate of drug-likeness (QED) is 0.823. The maximum Gasteiger partial charge on any atom is 0.240 e. The van der Waals surface area contributed by atoms with Crippen molar-refractivity contribution in [3.8, 4) is 11.8 Å². The number of carbonyl (C=O) groups excluding carboxylic acids is 1. The van der Waals surface area contributed by atoms with Crippen molar-refractivity contribution in [3.63, 3.8) is 0 Å². The lowest BCUT2D eigenvalue weighted by atomic mass is 10.0. The molecule has 1 aromatic carbocycles. The molecular weight excluding hydrogens is 277 g/mol. The molecule has 1 heterocycles. The minimum atomic E-state index is -0.467. The van der Waals surface area contributed by atoms with Crippen LogP contribution in [0.15, 0.2) is 18.2 Å². The third-order valence-corrected chi connectivity index (χ3v) is 4.74. The van der Waals surface area contributed by atoms with E-state index in [9.17, 15) is 9.18 Å². The number of rotatable bonds is 2. The van der Waals surface area contributed by atoms with Crippen molar-refractivity contribution in [2.24, 2.45) is 0 Å². The van der Waals surface area contributed by atoms with Crippen molar-refractivity contribution in [2.75, 3.05) is 17.7 Å². The third-order valence-electron chi connectivity index (χ3n) is 3.23. The van der Waals surface area contributed by atoms with Gasteiger partial charge >= 0.3 is 0 Å². The van der Waals surface area contributed by atoms with Crippen LogP contribution < -0.4 is 5.32 Å². The molecule has 0 aromatic heterocycles. The highest BCUT2D eigenvalue weighted by molar-refractivity contribution is 8.01. The summed E-state index contributed by atoms with van der Waals surface area (Å²) in [6.45, 7) is 1.60. The van der Waals surface area contributed by atoms with Gasteiger partial charge in [0.1, 0.15) is 12.4 Å². The van der Waals surface area contributed by atoms with E-state index < -0.39 is 10.6 Å². The Labute approximate surface area is 122 Å². The van der Waals surface area contributed by atoms with Crippen molar-refractivity contribution in [1.29, 1.82) is 0 Å². The second-order valence-corrected chi connectivity index (χ2v) is 6.39. The van der Waals surface area contributed by atoms with Gasteiger partial charge in [0.05, 0.1) is 10.3 Å². The fourth-order valence-electron chi connectivity index (χ4n) is 2.06. The smallest absolute Gasteiger partial charge is 0.240 e. The molecule has 1 aliphatic heterocycles. The number of amides is 1. The average Bonchev–Trinajstić information content (AvgIpc) is 2.87. The molecule has 1 saturated heterocycles. The lowest BCUT2D eigenvalue weighted by molar-refractivity contribution is -0.118. The van der Waals surface area contributed by atoms with Crippen molar-refractivity contribution in [3.05, 3.63) is 29.6 Å². The van der Waals surface area contributed by atoms with Gasteiger partial charge < -0.3 is 10.4 Å². The lowest BCUT2D eigenvalue weighted by Gasteiger charge is -2.21. The molecule has 1 atom stereocenters. The van der Waals surface area contributed by atoms with Crippen LogP contribution in [0.2, 0.25) is 0 Å². The zero-order chi connectivity index (χ0) is 14.6. The Morgan fingerprint density at radius 2 is 2.40 bits per heavy atom. The van der Waals surface area contributed by atoms with Crippen LogP contribution in [0.5, 0.6) is 0 Å². The Kier molecular flexibility index (Phi) is 4.69. The molecule has 1 fully saturated rings. The van der Waals surface area contributed by atoms with Gasteiger partial charge in [-0.3, -0.25) is 4.79 Å². The maximum atomic E-state index is 13.5. The van der Waals surface area contributed by atoms with Gasteiger partial charge in [0.2, 0.25) is 5.91 Å². The number of aliphatic hydroxyl groups is 1. The molecule has 2 N–H and O–H groups in total. The lowest BCUT2D eigenvalue weighted by Crippen LogP contribution is -2.34. The first-order chi connectivity index (χ1) is 9.55. The summed E-state index contributed by atoms with van der Waals surface area (Å²) in [5.74, 6) is 5.38. The van der Waals surface area contributed by atoms with E-state index >= 15 is 0 Å². The van der Waals surface area contributed by atoms with Gasteiger partial charge in [0.25, 0.3) is 0 Å². The molecule has 106 valence electrons. The summed E-state index contributed by atoms with van der Waals surface area (Å²) in [5.41, 5.74) is 0.688. The second kappa shape index (κ2) is 6.29. The molecule has 1 unspecified atom stereocenters. The topological polar surface area (TPSA) is 49.3 Å². The third kappa shape index (κ3) is 3.33. The highest BCUT2D eigenvalue weighted by Crippen LogP contribution is 2.38. The normalized spacial score (nSPS) is 21.1. The Balaban J connectivity index is 2.15. The zero-order valence-electron chi connectivity index (χ0n) is 11.2. The van der Waals surface area contributed by atoms with Crippen molar-refractivity contribution in [1.82, 2.24) is 0 Å². The van der Waals surface area contributed by atoms with E-state index in [1.165, 1.54) is 18.2 Å². The molecule has 20 heavy (non-hydrogen) atoms. The monoisotopic (exact) mass is 293 g/mol. The predicted octanol–water partition coefficient (Wildman–Crippen LogP) is 2.39. The fourth-order valence-corrected chi connectivity index (χ4v) is 3.27. The molecule has 5 heteroatoms. The highest BCUT2D eigenvalue weighted by atomic mass is 32.2. The standard InChI is InChI=1S/C15H16FNO2S/c1-15(7-3-9-20-15)14(19)17-12-5-6-13(16)11(10-12)4-2-8-18/h5-6,10,18H,3,7-9H2,1H3,(H,17,19). The van der Waals surface area contributed by atoms with Gasteiger partial charge in [-0.1, -0.05) is 11.8 Å². The molecule has 0 spiro atoms. The number of thioether (sulfide) groups is 1. The van der Waals surface area contributed by atoms with E-state index in [2.05, 4.69) is 17.2 Å². The van der Waals surface area contributed by atoms with E-state index in [0.29, 0.717) is 5.69 Å². The van der Waals surface area contributed by atoms with Crippen LogP contribution >= 0.6 is 11.8 Å². The van der Waals surface area contributed by atoms with Crippen LogP contribution in [0.25, 0.3) is 0 Å². The number of benzene rings is 1. The van der Waals surface area contributed by atoms with Crippen molar-refractivity contribution < 1.29 is 14.3 Å². The Morgan fingerprint density at radius 1 is 1.60 bits per heavy atom. The summed E-state index contributed by atoms with van der Waals surface area (Å²) >= 11 is 1.65. The Morgan fingerprint density at radius 3 is 3.05 bits per heavy atom. The molecular formula is C15H16FNO2S. The maximum absolute atomic E-state index is 13.5. The summed E-state index contributed by atoms with van der Waals surface area (Å²) in [6, 6.07) is 4.26. The van der Waals surface area contributed by atoms with E-state index in [4.69, 9.17) is 5.11 Å². The summed E-state index contributed by atoms with van der Waals surface area (Å²) < 4.78 is 13.1. The van der Waals surface area contributed by atoms with Gasteiger partial charge in [-0.05, 0) is 43.7 Å². The molecule has 1 aliphatic rings. The number of hydrogen-bond acceptors (Lipinski definition) is 3. The first-order valence-corrected chi connectivity index (χ1v) is 7.38. The van der Waals surface area contributed by atoms with E-state index in [1.807, 2.05) is 6.92 Å². The summed E-state index contributed by atoms with van der Waals surface area (Å²) in [6.07, 6.45) is 1.88. The number of hydrogen-bond donors (Lipinski definition) is 2. The predicted molar refractivity (Wildman–Crippen MR) is 79.1 cm³/mol. The Bertz CT molecular complexity index is 571. The minimum Gasteiger partial charge on any atom is -0.384 e. The van der Waals surface area contributed by atoms with Crippen molar-refractivity contribution >= 4 is 23.4 Å². The molecule has 2 rings (SSSR count). The molecule has 1 aromatic rings. The van der Waals surface area contributed by atoms with Crippen LogP contribution in [0.4, 0.5) is 10.1 Å². The zero-order valence-corrected chi connectivity index (χ0v) is 12.0. The number of anilines is 1. The summed E-state index contributed by atoms with van der Waals surface area (Å²) in [4.78, 5) is 12.2. The van der Waals surface area contributed by atoms with Crippen LogP contribution in [0.3, 0.4) is 0 Å². The van der Waals surface area contributed by atoms with E-state index in [1.54, 1.807) is 11.8 Å². The van der Waals surface area contributed by atoms with Gasteiger partial charge in [-0.15, -0.1) is 11.8 Å². The van der Waals surface area contributed by atoms with Gasteiger partial charge in [0, 0.05) is 5.69 Å². The summed E-state index contributed by atoms with van der Waals surface area (Å²) in [5, 5.41) is 11.5. The van der Waals surface area contributed by atoms with E-state index in [0.717, 1.165) is 18.6 Å². The molecule has 0 aliphatic carbocycles. The molecule has 0 radical (unpaired) electrons. The molecule has 0 bridgehead atoms. The highest BCUT2D eigenvalue weighted by Gasteiger charge is 2.37. The van der Waals surface area contributed by atoms with Gasteiger partial charge in [-0.25, -0.2) is 4.39 Å². The number of halogens is 1. The van der Waals surface area contributed by atoms with E-state index in [-0.39, 0.29) is 18.1 Å². The van der Waals surface area contributed by atoms with Gasteiger partial charge in [-0.2, -0.15) is 0 Å². The average molecular weight is 293 g/mol. The fraction of sp³-hybridized carbons (Fsp3) is 0.400. The first-order valence-electron chi connectivity index (χ1n) is 6.40. The SMILES string of the molecule is CC1(C(=O)Nc2ccc(F)c(C#CCO)c2)CCCS1. The van der Waals surface area contributed by atoms with Crippen LogP contribution in [-0.4, -0.2) is 28.1 Å².